The minimum atomic E-state index is -0.163. The molecule has 1 amide bonds. The average molecular weight is 462 g/mol. The second-order valence-corrected chi connectivity index (χ2v) is 10.5. The van der Waals surface area contributed by atoms with E-state index >= 15 is 0 Å². The van der Waals surface area contributed by atoms with Gasteiger partial charge in [-0.25, -0.2) is 9.97 Å². The van der Waals surface area contributed by atoms with Gasteiger partial charge in [-0.15, -0.1) is 11.3 Å². The summed E-state index contributed by atoms with van der Waals surface area (Å²) in [5.41, 5.74) is 2.51. The lowest BCUT2D eigenvalue weighted by Gasteiger charge is -2.38. The van der Waals surface area contributed by atoms with Crippen molar-refractivity contribution in [3.05, 3.63) is 38.9 Å². The Bertz CT molecular complexity index is 911. The van der Waals surface area contributed by atoms with Crippen LogP contribution in [0.15, 0.2) is 18.5 Å². The van der Waals surface area contributed by atoms with Crippen molar-refractivity contribution in [1.82, 2.24) is 19.8 Å². The SMILES string of the molecule is CCCN(C)C[C@@H](C(=O)N1CCN(c2ncnc3c2[C@H](C)CC3)CC1)c1ccc(Cl)s1. The molecule has 8 heteroatoms. The Morgan fingerprint density at radius 3 is 2.74 bits per heavy atom. The molecule has 0 radical (unpaired) electrons. The highest BCUT2D eigenvalue weighted by atomic mass is 35.5. The van der Waals surface area contributed by atoms with Gasteiger partial charge < -0.3 is 14.7 Å². The van der Waals surface area contributed by atoms with Gasteiger partial charge in [0, 0.05) is 48.9 Å². The van der Waals surface area contributed by atoms with Crippen molar-refractivity contribution >= 4 is 34.7 Å². The third-order valence-electron chi connectivity index (χ3n) is 6.48. The minimum absolute atomic E-state index is 0.163. The summed E-state index contributed by atoms with van der Waals surface area (Å²) in [4.78, 5) is 30.3. The summed E-state index contributed by atoms with van der Waals surface area (Å²) < 4.78 is 0.738. The monoisotopic (exact) mass is 461 g/mol. The smallest absolute Gasteiger partial charge is 0.232 e. The van der Waals surface area contributed by atoms with E-state index in [1.165, 1.54) is 22.6 Å². The molecule has 0 N–H and O–H groups in total. The van der Waals surface area contributed by atoms with Gasteiger partial charge in [0.2, 0.25) is 5.91 Å². The highest BCUT2D eigenvalue weighted by Gasteiger charge is 2.33. The van der Waals surface area contributed by atoms with Gasteiger partial charge >= 0.3 is 0 Å². The van der Waals surface area contributed by atoms with E-state index in [9.17, 15) is 4.79 Å². The molecule has 1 fully saturated rings. The summed E-state index contributed by atoms with van der Waals surface area (Å²) in [7, 11) is 2.09. The largest absolute Gasteiger partial charge is 0.353 e. The second kappa shape index (κ2) is 9.84. The maximum absolute atomic E-state index is 13.5. The Kier molecular flexibility index (Phi) is 7.14. The lowest BCUT2D eigenvalue weighted by atomic mass is 10.0. The van der Waals surface area contributed by atoms with Crippen LogP contribution in [0.1, 0.15) is 54.7 Å². The van der Waals surface area contributed by atoms with Crippen LogP contribution in [-0.4, -0.2) is 72.0 Å². The Morgan fingerprint density at radius 2 is 2.06 bits per heavy atom. The molecule has 0 aromatic carbocycles. The van der Waals surface area contributed by atoms with E-state index in [0.29, 0.717) is 5.92 Å². The number of aryl methyl sites for hydroxylation is 1. The number of piperazine rings is 1. The number of nitrogens with zero attached hydrogens (tertiary/aromatic N) is 5. The van der Waals surface area contributed by atoms with Crippen LogP contribution in [0.3, 0.4) is 0 Å². The number of anilines is 1. The Labute approximate surface area is 194 Å². The Balaban J connectivity index is 1.46. The summed E-state index contributed by atoms with van der Waals surface area (Å²) >= 11 is 7.72. The summed E-state index contributed by atoms with van der Waals surface area (Å²) in [6.45, 7) is 9.20. The molecule has 0 spiro atoms. The molecule has 2 atom stereocenters. The van der Waals surface area contributed by atoms with Crippen molar-refractivity contribution in [3.63, 3.8) is 0 Å². The number of aromatic nitrogens is 2. The number of halogens is 1. The molecular formula is C23H32ClN5OS. The zero-order valence-electron chi connectivity index (χ0n) is 18.7. The van der Waals surface area contributed by atoms with Gasteiger partial charge in [0.05, 0.1) is 10.3 Å². The van der Waals surface area contributed by atoms with Gasteiger partial charge in [-0.05, 0) is 50.9 Å². The van der Waals surface area contributed by atoms with E-state index in [0.717, 1.165) is 73.6 Å². The van der Waals surface area contributed by atoms with Gasteiger partial charge in [-0.1, -0.05) is 25.4 Å². The molecule has 168 valence electrons. The Morgan fingerprint density at radius 1 is 1.29 bits per heavy atom. The van der Waals surface area contributed by atoms with Crippen molar-refractivity contribution < 1.29 is 4.79 Å². The van der Waals surface area contributed by atoms with E-state index in [1.54, 1.807) is 6.33 Å². The van der Waals surface area contributed by atoms with Crippen molar-refractivity contribution in [2.45, 2.75) is 44.9 Å². The molecule has 0 saturated carbocycles. The van der Waals surface area contributed by atoms with Crippen LogP contribution >= 0.6 is 22.9 Å². The number of fused-ring (bicyclic) bond motifs is 1. The number of carbonyl (C=O) groups is 1. The van der Waals surface area contributed by atoms with E-state index < -0.39 is 0 Å². The highest BCUT2D eigenvalue weighted by molar-refractivity contribution is 7.16. The van der Waals surface area contributed by atoms with Gasteiger partial charge in [0.1, 0.15) is 12.1 Å². The first-order valence-electron chi connectivity index (χ1n) is 11.3. The van der Waals surface area contributed by atoms with Gasteiger partial charge in [0.15, 0.2) is 0 Å². The zero-order valence-corrected chi connectivity index (χ0v) is 20.3. The predicted octanol–water partition coefficient (Wildman–Crippen LogP) is 4.02. The molecule has 0 unspecified atom stereocenters. The lowest BCUT2D eigenvalue weighted by molar-refractivity contribution is -0.133. The minimum Gasteiger partial charge on any atom is -0.353 e. The first kappa shape index (κ1) is 22.5. The summed E-state index contributed by atoms with van der Waals surface area (Å²) in [6.07, 6.45) is 4.96. The number of likely N-dealkylation sites (N-methyl/N-ethyl adjacent to an activating group) is 1. The van der Waals surface area contributed by atoms with Crippen molar-refractivity contribution in [3.8, 4) is 0 Å². The number of hydrogen-bond donors (Lipinski definition) is 0. The van der Waals surface area contributed by atoms with Crippen LogP contribution in [0.5, 0.6) is 0 Å². The number of amides is 1. The van der Waals surface area contributed by atoms with Gasteiger partial charge in [-0.2, -0.15) is 0 Å². The fraction of sp³-hybridized carbons (Fsp3) is 0.609. The Hall–Kier alpha value is -1.70. The molecule has 2 aliphatic rings. The number of rotatable bonds is 7. The average Bonchev–Trinajstić information content (AvgIpc) is 3.37. The molecule has 3 heterocycles. The zero-order chi connectivity index (χ0) is 22.0. The van der Waals surface area contributed by atoms with Crippen LogP contribution < -0.4 is 4.90 Å². The number of carbonyl (C=O) groups excluding carboxylic acids is 1. The first-order valence-corrected chi connectivity index (χ1v) is 12.5. The topological polar surface area (TPSA) is 52.6 Å². The quantitative estimate of drug-likeness (QED) is 0.623. The van der Waals surface area contributed by atoms with E-state index in [-0.39, 0.29) is 11.8 Å². The van der Waals surface area contributed by atoms with Crippen LogP contribution in [0.25, 0.3) is 0 Å². The summed E-state index contributed by atoms with van der Waals surface area (Å²) in [5.74, 6) is 1.63. The van der Waals surface area contributed by atoms with Crippen molar-refractivity contribution in [2.24, 2.45) is 0 Å². The number of thiophene rings is 1. The second-order valence-electron chi connectivity index (χ2n) is 8.77. The number of hydrogen-bond acceptors (Lipinski definition) is 6. The summed E-state index contributed by atoms with van der Waals surface area (Å²) in [5, 5.41) is 0. The fourth-order valence-corrected chi connectivity index (χ4v) is 5.97. The molecule has 31 heavy (non-hydrogen) atoms. The molecule has 2 aromatic rings. The van der Waals surface area contributed by atoms with Crippen molar-refractivity contribution in [2.75, 3.05) is 51.2 Å². The van der Waals surface area contributed by atoms with Crippen LogP contribution in [0, 0.1) is 0 Å². The third-order valence-corrected chi connectivity index (χ3v) is 7.82. The van der Waals surface area contributed by atoms with E-state index in [2.05, 4.69) is 40.7 Å². The van der Waals surface area contributed by atoms with Crippen molar-refractivity contribution in [1.29, 1.82) is 0 Å². The molecule has 1 aliphatic heterocycles. The molecule has 1 saturated heterocycles. The van der Waals surface area contributed by atoms with Crippen LogP contribution in [0.2, 0.25) is 4.34 Å². The molecule has 6 nitrogen and oxygen atoms in total. The maximum Gasteiger partial charge on any atom is 0.232 e. The van der Waals surface area contributed by atoms with Crippen LogP contribution in [-0.2, 0) is 11.2 Å². The first-order chi connectivity index (χ1) is 15.0. The van der Waals surface area contributed by atoms with E-state index in [1.807, 2.05) is 17.0 Å². The molecule has 2 aromatic heterocycles. The molecule has 1 aliphatic carbocycles. The maximum atomic E-state index is 13.5. The third kappa shape index (κ3) is 4.89. The molecular weight excluding hydrogens is 430 g/mol. The molecule has 0 bridgehead atoms. The summed E-state index contributed by atoms with van der Waals surface area (Å²) in [6, 6.07) is 3.91. The highest BCUT2D eigenvalue weighted by Crippen LogP contribution is 2.37. The lowest BCUT2D eigenvalue weighted by Crippen LogP contribution is -2.51. The van der Waals surface area contributed by atoms with Gasteiger partial charge in [0.25, 0.3) is 0 Å². The van der Waals surface area contributed by atoms with Gasteiger partial charge in [-0.3, -0.25) is 4.79 Å². The van der Waals surface area contributed by atoms with Crippen LogP contribution in [0.4, 0.5) is 5.82 Å². The molecule has 4 rings (SSSR count). The normalized spacial score (nSPS) is 19.7. The fourth-order valence-electron chi connectivity index (χ4n) is 4.82. The standard InChI is InChI=1S/C23H32ClN5OS/c1-4-9-27(3)14-17(19-7-8-20(24)31-19)23(30)29-12-10-28(11-13-29)22-21-16(2)5-6-18(21)25-15-26-22/h7-8,15-17H,4-6,9-14H2,1-3H3/t16-,17-/m1/s1. The predicted molar refractivity (Wildman–Crippen MR) is 127 cm³/mol. The van der Waals surface area contributed by atoms with E-state index in [4.69, 9.17) is 11.6 Å².